The summed E-state index contributed by atoms with van der Waals surface area (Å²) in [6.45, 7) is 0. The molecule has 0 spiro atoms. The third kappa shape index (κ3) is 4.04. The van der Waals surface area contributed by atoms with Crippen LogP contribution in [0, 0.1) is 5.82 Å². The van der Waals surface area contributed by atoms with Gasteiger partial charge in [0.25, 0.3) is 10.0 Å². The lowest BCUT2D eigenvalue weighted by Gasteiger charge is -2.14. The molecule has 4 rings (SSSR count). The Bertz CT molecular complexity index is 1290. The molecule has 6 heteroatoms. The van der Waals surface area contributed by atoms with Crippen LogP contribution in [0.1, 0.15) is 0 Å². The minimum atomic E-state index is -3.99. The highest BCUT2D eigenvalue weighted by molar-refractivity contribution is 7.92. The zero-order chi connectivity index (χ0) is 21.1. The van der Waals surface area contributed by atoms with Gasteiger partial charge in [-0.3, -0.25) is 4.72 Å². The van der Waals surface area contributed by atoms with Crippen molar-refractivity contribution in [3.63, 3.8) is 0 Å². The summed E-state index contributed by atoms with van der Waals surface area (Å²) in [5.41, 5.74) is 3.68. The Balaban J connectivity index is 1.74. The van der Waals surface area contributed by atoms with E-state index in [9.17, 15) is 17.9 Å². The van der Waals surface area contributed by atoms with E-state index in [4.69, 9.17) is 0 Å². The molecule has 0 aromatic heterocycles. The second kappa shape index (κ2) is 8.00. The zero-order valence-corrected chi connectivity index (χ0v) is 16.6. The Morgan fingerprint density at radius 1 is 0.700 bits per heavy atom. The molecule has 2 N–H and O–H groups in total. The van der Waals surface area contributed by atoms with Gasteiger partial charge >= 0.3 is 0 Å². The minimum absolute atomic E-state index is 0.0414. The topological polar surface area (TPSA) is 66.4 Å². The van der Waals surface area contributed by atoms with E-state index in [0.29, 0.717) is 0 Å². The first kappa shape index (κ1) is 19.7. The van der Waals surface area contributed by atoms with Crippen LogP contribution in [0.5, 0.6) is 5.75 Å². The fraction of sp³-hybridized carbons (Fsp3) is 0. The largest absolute Gasteiger partial charge is 0.506 e. The lowest BCUT2D eigenvalue weighted by molar-refractivity contribution is 0.477. The third-order valence-electron chi connectivity index (χ3n) is 4.69. The van der Waals surface area contributed by atoms with Gasteiger partial charge in [0, 0.05) is 0 Å². The normalized spacial score (nSPS) is 11.2. The van der Waals surface area contributed by atoms with Crippen molar-refractivity contribution in [3.05, 3.63) is 103 Å². The summed E-state index contributed by atoms with van der Waals surface area (Å²) in [5.74, 6) is -0.738. The molecule has 0 aliphatic rings. The first-order chi connectivity index (χ1) is 14.4. The number of rotatable bonds is 5. The van der Waals surface area contributed by atoms with Gasteiger partial charge in [-0.15, -0.1) is 0 Å². The van der Waals surface area contributed by atoms with Crippen molar-refractivity contribution in [2.24, 2.45) is 0 Å². The van der Waals surface area contributed by atoms with Crippen molar-refractivity contribution in [1.82, 2.24) is 0 Å². The van der Waals surface area contributed by atoms with Crippen molar-refractivity contribution in [2.45, 2.75) is 4.90 Å². The highest BCUT2D eigenvalue weighted by atomic mass is 32.2. The standard InChI is InChI=1S/C24H18FNO3S/c25-19-11-13-20(14-12-19)30(28,29)26-23-16-18(10-15-24(23)27)22-9-5-4-8-21(22)17-6-2-1-3-7-17/h1-16,26-27H. The first-order valence-electron chi connectivity index (χ1n) is 9.20. The number of halogens is 1. The second-order valence-corrected chi connectivity index (χ2v) is 8.39. The predicted molar refractivity (Wildman–Crippen MR) is 116 cm³/mol. The van der Waals surface area contributed by atoms with Gasteiger partial charge in [-0.2, -0.15) is 0 Å². The number of nitrogens with one attached hydrogen (secondary N) is 1. The van der Waals surface area contributed by atoms with Crippen LogP contribution in [0.4, 0.5) is 10.1 Å². The molecular formula is C24H18FNO3S. The summed E-state index contributed by atoms with van der Waals surface area (Å²) in [7, 11) is -3.99. The van der Waals surface area contributed by atoms with Gasteiger partial charge in [-0.1, -0.05) is 60.7 Å². The maximum Gasteiger partial charge on any atom is 0.262 e. The molecule has 4 aromatic rings. The van der Waals surface area contributed by atoms with E-state index < -0.39 is 15.8 Å². The van der Waals surface area contributed by atoms with Gasteiger partial charge in [-0.25, -0.2) is 12.8 Å². The van der Waals surface area contributed by atoms with E-state index in [1.54, 1.807) is 12.1 Å². The molecule has 4 nitrogen and oxygen atoms in total. The monoisotopic (exact) mass is 419 g/mol. The lowest BCUT2D eigenvalue weighted by atomic mass is 9.94. The Morgan fingerprint density at radius 3 is 1.97 bits per heavy atom. The molecule has 0 aliphatic carbocycles. The van der Waals surface area contributed by atoms with Gasteiger partial charge in [0.05, 0.1) is 10.6 Å². The average molecular weight is 419 g/mol. The Morgan fingerprint density at radius 2 is 1.30 bits per heavy atom. The van der Waals surface area contributed by atoms with Crippen LogP contribution < -0.4 is 4.72 Å². The molecular weight excluding hydrogens is 401 g/mol. The van der Waals surface area contributed by atoms with Gasteiger partial charge in [0.15, 0.2) is 0 Å². The van der Waals surface area contributed by atoms with Gasteiger partial charge in [0.2, 0.25) is 0 Å². The number of benzene rings is 4. The molecule has 0 atom stereocenters. The van der Waals surface area contributed by atoms with Crippen LogP contribution in [0.15, 0.2) is 102 Å². The molecule has 150 valence electrons. The third-order valence-corrected chi connectivity index (χ3v) is 6.07. The van der Waals surface area contributed by atoms with E-state index in [2.05, 4.69) is 4.72 Å². The van der Waals surface area contributed by atoms with E-state index in [1.807, 2.05) is 54.6 Å². The van der Waals surface area contributed by atoms with Gasteiger partial charge in [-0.05, 0) is 58.7 Å². The number of hydrogen-bond donors (Lipinski definition) is 2. The first-order valence-corrected chi connectivity index (χ1v) is 10.7. The van der Waals surface area contributed by atoms with E-state index in [-0.39, 0.29) is 16.3 Å². The van der Waals surface area contributed by atoms with Gasteiger partial charge < -0.3 is 5.11 Å². The Kier molecular flexibility index (Phi) is 5.25. The van der Waals surface area contributed by atoms with E-state index in [1.165, 1.54) is 18.2 Å². The number of phenols is 1. The van der Waals surface area contributed by atoms with Crippen molar-refractivity contribution < 1.29 is 17.9 Å². The highest BCUT2D eigenvalue weighted by Crippen LogP contribution is 2.36. The maximum atomic E-state index is 13.1. The summed E-state index contributed by atoms with van der Waals surface area (Å²) in [4.78, 5) is -0.0987. The summed E-state index contributed by atoms with van der Waals surface area (Å²) in [5, 5.41) is 10.2. The molecule has 0 aliphatic heterocycles. The van der Waals surface area contributed by atoms with E-state index in [0.717, 1.165) is 34.4 Å². The molecule has 0 saturated heterocycles. The second-order valence-electron chi connectivity index (χ2n) is 6.70. The smallest absolute Gasteiger partial charge is 0.262 e. The molecule has 0 amide bonds. The summed E-state index contributed by atoms with van der Waals surface area (Å²) in [6, 6.07) is 26.8. The number of anilines is 1. The van der Waals surface area contributed by atoms with Gasteiger partial charge in [0.1, 0.15) is 11.6 Å². The summed E-state index contributed by atoms with van der Waals surface area (Å²) >= 11 is 0. The lowest BCUT2D eigenvalue weighted by Crippen LogP contribution is -2.13. The van der Waals surface area contributed by atoms with Crippen LogP contribution >= 0.6 is 0 Å². The fourth-order valence-corrected chi connectivity index (χ4v) is 4.27. The maximum absolute atomic E-state index is 13.1. The van der Waals surface area contributed by atoms with Crippen molar-refractivity contribution in [1.29, 1.82) is 0 Å². The molecule has 0 radical (unpaired) electrons. The van der Waals surface area contributed by atoms with Crippen LogP contribution in [-0.4, -0.2) is 13.5 Å². The van der Waals surface area contributed by atoms with Crippen LogP contribution in [0.25, 0.3) is 22.3 Å². The number of aromatic hydroxyl groups is 1. The number of hydrogen-bond acceptors (Lipinski definition) is 3. The zero-order valence-electron chi connectivity index (χ0n) is 15.8. The molecule has 0 heterocycles. The van der Waals surface area contributed by atoms with Crippen LogP contribution in [0.3, 0.4) is 0 Å². The molecule has 30 heavy (non-hydrogen) atoms. The Hall–Kier alpha value is -3.64. The number of sulfonamides is 1. The molecule has 0 unspecified atom stereocenters. The highest BCUT2D eigenvalue weighted by Gasteiger charge is 2.17. The SMILES string of the molecule is O=S(=O)(Nc1cc(-c2ccccc2-c2ccccc2)ccc1O)c1ccc(F)cc1. The van der Waals surface area contributed by atoms with Crippen molar-refractivity contribution in [3.8, 4) is 28.0 Å². The summed E-state index contributed by atoms with van der Waals surface area (Å²) in [6.07, 6.45) is 0. The predicted octanol–water partition coefficient (Wildman–Crippen LogP) is 5.67. The van der Waals surface area contributed by atoms with Crippen LogP contribution in [0.2, 0.25) is 0 Å². The van der Waals surface area contributed by atoms with Crippen molar-refractivity contribution in [2.75, 3.05) is 4.72 Å². The van der Waals surface area contributed by atoms with Crippen LogP contribution in [-0.2, 0) is 10.0 Å². The molecule has 0 fully saturated rings. The summed E-state index contributed by atoms with van der Waals surface area (Å²) < 4.78 is 40.8. The van der Waals surface area contributed by atoms with Crippen molar-refractivity contribution >= 4 is 15.7 Å². The average Bonchev–Trinajstić information content (AvgIpc) is 2.76. The van der Waals surface area contributed by atoms with E-state index >= 15 is 0 Å². The fourth-order valence-electron chi connectivity index (χ4n) is 3.21. The Labute approximate surface area is 174 Å². The molecule has 0 bridgehead atoms. The quantitative estimate of drug-likeness (QED) is 0.410. The molecule has 0 saturated carbocycles. The number of phenolic OH excluding ortho intramolecular Hbond substituents is 1. The minimum Gasteiger partial charge on any atom is -0.506 e. The molecule has 4 aromatic carbocycles.